The third-order valence-corrected chi connectivity index (χ3v) is 7.60. The van der Waals surface area contributed by atoms with E-state index in [9.17, 15) is 14.4 Å². The summed E-state index contributed by atoms with van der Waals surface area (Å²) in [7, 11) is 0. The van der Waals surface area contributed by atoms with Crippen LogP contribution < -0.4 is 4.74 Å². The number of carbonyl (C=O) groups is 3. The molecule has 1 aromatic heterocycles. The van der Waals surface area contributed by atoms with Crippen LogP contribution in [0.5, 0.6) is 5.75 Å². The first-order valence-electron chi connectivity index (χ1n) is 13.8. The number of hydrogen-bond donors (Lipinski definition) is 0. The maximum absolute atomic E-state index is 14.3. The molecule has 1 aliphatic heterocycles. The van der Waals surface area contributed by atoms with Crippen LogP contribution in [0.4, 0.5) is 4.79 Å². The molecule has 0 aliphatic carbocycles. The third-order valence-electron chi connectivity index (χ3n) is 6.45. The van der Waals surface area contributed by atoms with Crippen LogP contribution in [0, 0.1) is 0 Å². The number of allylic oxidation sites excluding steroid dienone is 3. The Hall–Kier alpha value is -3.56. The van der Waals surface area contributed by atoms with Crippen molar-refractivity contribution in [2.24, 2.45) is 0 Å². The van der Waals surface area contributed by atoms with Gasteiger partial charge in [-0.25, -0.2) is 4.79 Å². The largest absolute Gasteiger partial charge is 0.458 e. The zero-order valence-electron chi connectivity index (χ0n) is 25.1. The smallest absolute Gasteiger partial charge is 0.410 e. The van der Waals surface area contributed by atoms with E-state index in [1.54, 1.807) is 22.0 Å². The highest BCUT2D eigenvalue weighted by Crippen LogP contribution is 2.33. The number of carbonyl (C=O) groups excluding carboxylic acids is 3. The number of alkyl halides is 1. The number of piperazine rings is 1. The second kappa shape index (κ2) is 14.6. The first-order chi connectivity index (χ1) is 19.8. The molecule has 1 fully saturated rings. The van der Waals surface area contributed by atoms with Gasteiger partial charge < -0.3 is 19.3 Å². The normalized spacial score (nSPS) is 16.1. The number of para-hydroxylation sites is 1. The highest BCUT2D eigenvalue weighted by molar-refractivity contribution is 7.10. The lowest BCUT2D eigenvalue weighted by Gasteiger charge is -2.42. The van der Waals surface area contributed by atoms with Gasteiger partial charge in [0.25, 0.3) is 5.91 Å². The Labute approximate surface area is 257 Å². The van der Waals surface area contributed by atoms with E-state index in [0.717, 1.165) is 5.57 Å². The number of benzene rings is 1. The zero-order chi connectivity index (χ0) is 31.0. The van der Waals surface area contributed by atoms with Gasteiger partial charge in [0.15, 0.2) is 0 Å². The van der Waals surface area contributed by atoms with E-state index >= 15 is 0 Å². The van der Waals surface area contributed by atoms with Gasteiger partial charge in [-0.05, 0) is 77.3 Å². The molecule has 0 bridgehead atoms. The van der Waals surface area contributed by atoms with Crippen LogP contribution in [-0.4, -0.2) is 69.8 Å². The maximum Gasteiger partial charge on any atom is 0.410 e. The van der Waals surface area contributed by atoms with Gasteiger partial charge in [0, 0.05) is 36.3 Å². The van der Waals surface area contributed by atoms with Crippen LogP contribution in [0.3, 0.4) is 0 Å². The first kappa shape index (κ1) is 32.9. The highest BCUT2D eigenvalue weighted by Gasteiger charge is 2.40. The van der Waals surface area contributed by atoms with Crippen molar-refractivity contribution in [2.75, 3.05) is 25.5 Å². The molecule has 3 amide bonds. The first-order valence-corrected chi connectivity index (χ1v) is 15.2. The third kappa shape index (κ3) is 8.72. The van der Waals surface area contributed by atoms with Crippen LogP contribution >= 0.6 is 22.9 Å². The summed E-state index contributed by atoms with van der Waals surface area (Å²) in [4.78, 5) is 46.1. The van der Waals surface area contributed by atoms with E-state index in [1.807, 2.05) is 89.4 Å². The molecule has 2 heterocycles. The van der Waals surface area contributed by atoms with Crippen LogP contribution in [0.1, 0.15) is 52.5 Å². The minimum absolute atomic E-state index is 0.252. The number of nitrogens with zero attached hydrogens (tertiary/aromatic N) is 3. The molecule has 1 aromatic carbocycles. The SMILES string of the molecule is C=C(/C=C\C(=C(C)C)N(C(=O)CCl)C(C(=O)N1CCN(C(=O)OC(C)(C)C)C(C)C1)c1cccs1)Oc1ccccc1. The number of rotatable bonds is 9. The predicted octanol–water partition coefficient (Wildman–Crippen LogP) is 6.77. The maximum atomic E-state index is 14.3. The second-order valence-electron chi connectivity index (χ2n) is 11.2. The molecule has 0 spiro atoms. The van der Waals surface area contributed by atoms with E-state index in [2.05, 4.69) is 6.58 Å². The van der Waals surface area contributed by atoms with Gasteiger partial charge in [0.05, 0.1) is 0 Å². The quantitative estimate of drug-likeness (QED) is 0.177. The van der Waals surface area contributed by atoms with Crippen LogP contribution in [-0.2, 0) is 14.3 Å². The molecule has 8 nitrogen and oxygen atoms in total. The average molecular weight is 614 g/mol. The Kier molecular flexibility index (Phi) is 11.4. The van der Waals surface area contributed by atoms with Gasteiger partial charge in [0.1, 0.15) is 29.0 Å². The fourth-order valence-corrected chi connectivity index (χ4v) is 5.48. The number of ether oxygens (including phenoxy) is 2. The predicted molar refractivity (Wildman–Crippen MR) is 167 cm³/mol. The average Bonchev–Trinajstić information content (AvgIpc) is 3.45. The van der Waals surface area contributed by atoms with Crippen molar-refractivity contribution >= 4 is 40.8 Å². The van der Waals surface area contributed by atoms with Gasteiger partial charge in [-0.3, -0.25) is 14.5 Å². The Bertz CT molecular complexity index is 1310. The summed E-state index contributed by atoms with van der Waals surface area (Å²) >= 11 is 7.52. The summed E-state index contributed by atoms with van der Waals surface area (Å²) in [5.41, 5.74) is 0.697. The van der Waals surface area contributed by atoms with Crippen molar-refractivity contribution in [3.63, 3.8) is 0 Å². The highest BCUT2D eigenvalue weighted by atomic mass is 35.5. The lowest BCUT2D eigenvalue weighted by atomic mass is 10.1. The van der Waals surface area contributed by atoms with Crippen LogP contribution in [0.25, 0.3) is 0 Å². The summed E-state index contributed by atoms with van der Waals surface area (Å²) < 4.78 is 11.4. The number of amides is 3. The molecule has 226 valence electrons. The minimum Gasteiger partial charge on any atom is -0.458 e. The molecule has 2 unspecified atom stereocenters. The van der Waals surface area contributed by atoms with Crippen molar-refractivity contribution in [3.05, 3.63) is 88.5 Å². The van der Waals surface area contributed by atoms with Gasteiger partial charge in [-0.1, -0.05) is 36.4 Å². The van der Waals surface area contributed by atoms with Crippen molar-refractivity contribution < 1.29 is 23.9 Å². The van der Waals surface area contributed by atoms with Crippen molar-refractivity contribution in [1.82, 2.24) is 14.7 Å². The molecule has 10 heteroatoms. The van der Waals surface area contributed by atoms with Gasteiger partial charge >= 0.3 is 6.09 Å². The van der Waals surface area contributed by atoms with E-state index in [-0.39, 0.29) is 17.8 Å². The van der Waals surface area contributed by atoms with Crippen LogP contribution in [0.2, 0.25) is 0 Å². The van der Waals surface area contributed by atoms with E-state index in [4.69, 9.17) is 21.1 Å². The fraction of sp³-hybridized carbons (Fsp3) is 0.406. The Morgan fingerprint density at radius 3 is 2.36 bits per heavy atom. The monoisotopic (exact) mass is 613 g/mol. The van der Waals surface area contributed by atoms with E-state index < -0.39 is 23.6 Å². The Morgan fingerprint density at radius 2 is 1.81 bits per heavy atom. The second-order valence-corrected chi connectivity index (χ2v) is 12.5. The molecule has 2 aromatic rings. The molecule has 42 heavy (non-hydrogen) atoms. The van der Waals surface area contributed by atoms with E-state index in [1.165, 1.54) is 16.2 Å². The lowest BCUT2D eigenvalue weighted by Crippen LogP contribution is -2.58. The molecule has 0 saturated carbocycles. The Morgan fingerprint density at radius 1 is 1.12 bits per heavy atom. The van der Waals surface area contributed by atoms with E-state index in [0.29, 0.717) is 41.7 Å². The minimum atomic E-state index is -0.950. The molecule has 1 aliphatic rings. The van der Waals surface area contributed by atoms with Crippen molar-refractivity contribution in [1.29, 1.82) is 0 Å². The van der Waals surface area contributed by atoms with Gasteiger partial charge in [0.2, 0.25) is 5.91 Å². The van der Waals surface area contributed by atoms with Crippen molar-refractivity contribution in [3.8, 4) is 5.75 Å². The fourth-order valence-electron chi connectivity index (χ4n) is 4.54. The lowest BCUT2D eigenvalue weighted by molar-refractivity contribution is -0.144. The summed E-state index contributed by atoms with van der Waals surface area (Å²) in [5.74, 6) is 0.0111. The molecule has 0 radical (unpaired) electrons. The summed E-state index contributed by atoms with van der Waals surface area (Å²) in [6.07, 6.45) is 2.98. The van der Waals surface area contributed by atoms with Crippen molar-refractivity contribution in [2.45, 2.75) is 59.2 Å². The molecule has 0 N–H and O–H groups in total. The summed E-state index contributed by atoms with van der Waals surface area (Å²) in [5, 5.41) is 1.87. The molecular formula is C32H40ClN3O5S. The number of thiophene rings is 1. The molecule has 1 saturated heterocycles. The Balaban J connectivity index is 1.92. The number of hydrogen-bond acceptors (Lipinski definition) is 6. The summed E-state index contributed by atoms with van der Waals surface area (Å²) in [6, 6.07) is 11.7. The molecule has 2 atom stereocenters. The van der Waals surface area contributed by atoms with Gasteiger partial charge in [-0.15, -0.1) is 22.9 Å². The van der Waals surface area contributed by atoms with Gasteiger partial charge in [-0.2, -0.15) is 0 Å². The standard InChI is InChI=1S/C32H40ClN3O5S/c1-22(2)26(16-15-24(4)40-25-12-9-8-10-13-25)36(28(37)20-33)29(27-14-11-19-42-27)30(38)34-17-18-35(23(3)21-34)31(39)41-32(5,6)7/h8-16,19,23,29H,4,17-18,20-21H2,1-3,5-7H3/b16-15-. The molecular weight excluding hydrogens is 574 g/mol. The molecule has 3 rings (SSSR count). The topological polar surface area (TPSA) is 79.4 Å². The summed E-state index contributed by atoms with van der Waals surface area (Å²) in [6.45, 7) is 16.0. The zero-order valence-corrected chi connectivity index (χ0v) is 26.7. The number of halogens is 1. The van der Waals surface area contributed by atoms with Crippen LogP contribution in [0.15, 0.2) is 83.6 Å².